The number of hydrogen-bond donors (Lipinski definition) is 1. The Morgan fingerprint density at radius 2 is 2.16 bits per heavy atom. The van der Waals surface area contributed by atoms with E-state index >= 15 is 0 Å². The van der Waals surface area contributed by atoms with Crippen LogP contribution < -0.4 is 10.5 Å². The van der Waals surface area contributed by atoms with Gasteiger partial charge in [-0.15, -0.1) is 11.3 Å². The number of thiophene rings is 1. The first-order valence-electron chi connectivity index (χ1n) is 5.83. The first-order chi connectivity index (χ1) is 9.13. The molecule has 19 heavy (non-hydrogen) atoms. The minimum Gasteiger partial charge on any atom is -0.496 e. The number of nitrogens with two attached hydrogens (primary N) is 1. The predicted octanol–water partition coefficient (Wildman–Crippen LogP) is 2.61. The van der Waals surface area contributed by atoms with Gasteiger partial charge in [-0.2, -0.15) is 0 Å². The van der Waals surface area contributed by atoms with Gasteiger partial charge in [-0.1, -0.05) is 12.1 Å². The van der Waals surface area contributed by atoms with Crippen LogP contribution in [0.5, 0.6) is 5.75 Å². The zero-order valence-corrected chi connectivity index (χ0v) is 11.7. The average molecular weight is 276 g/mol. The van der Waals surface area contributed by atoms with Gasteiger partial charge >= 0.3 is 0 Å². The number of anilines is 1. The van der Waals surface area contributed by atoms with Crippen LogP contribution in [0, 0.1) is 0 Å². The summed E-state index contributed by atoms with van der Waals surface area (Å²) in [4.78, 5) is 15.2. The van der Waals surface area contributed by atoms with Gasteiger partial charge in [0.15, 0.2) is 0 Å². The summed E-state index contributed by atoms with van der Waals surface area (Å²) in [5.41, 5.74) is 6.74. The summed E-state index contributed by atoms with van der Waals surface area (Å²) in [7, 11) is 3.29. The van der Waals surface area contributed by atoms with Gasteiger partial charge in [0.25, 0.3) is 5.91 Å². The molecule has 1 aromatic carbocycles. The topological polar surface area (TPSA) is 55.6 Å². The highest BCUT2D eigenvalue weighted by Crippen LogP contribution is 2.26. The van der Waals surface area contributed by atoms with E-state index in [0.29, 0.717) is 23.5 Å². The monoisotopic (exact) mass is 276 g/mol. The third-order valence-corrected chi connectivity index (χ3v) is 3.67. The van der Waals surface area contributed by atoms with Crippen molar-refractivity contribution in [3.05, 3.63) is 46.2 Å². The van der Waals surface area contributed by atoms with Gasteiger partial charge in [0, 0.05) is 17.6 Å². The van der Waals surface area contributed by atoms with Crippen molar-refractivity contribution in [1.29, 1.82) is 0 Å². The largest absolute Gasteiger partial charge is 0.496 e. The Morgan fingerprint density at radius 3 is 2.79 bits per heavy atom. The first kappa shape index (κ1) is 13.4. The van der Waals surface area contributed by atoms with E-state index in [1.54, 1.807) is 41.5 Å². The molecule has 1 aromatic heterocycles. The third-order valence-electron chi connectivity index (χ3n) is 2.81. The van der Waals surface area contributed by atoms with E-state index < -0.39 is 0 Å². The summed E-state index contributed by atoms with van der Waals surface area (Å²) in [6.07, 6.45) is 0. The van der Waals surface area contributed by atoms with Gasteiger partial charge in [0.1, 0.15) is 11.3 Å². The molecular weight excluding hydrogens is 260 g/mol. The highest BCUT2D eigenvalue weighted by atomic mass is 32.1. The van der Waals surface area contributed by atoms with Crippen molar-refractivity contribution >= 4 is 22.9 Å². The molecule has 0 fully saturated rings. The highest BCUT2D eigenvalue weighted by Gasteiger charge is 2.19. The molecule has 5 heteroatoms. The number of ether oxygens (including phenoxy) is 1. The van der Waals surface area contributed by atoms with Crippen molar-refractivity contribution in [1.82, 2.24) is 4.90 Å². The summed E-state index contributed by atoms with van der Waals surface area (Å²) in [5.74, 6) is 0.367. The van der Waals surface area contributed by atoms with Gasteiger partial charge in [-0.25, -0.2) is 0 Å². The molecule has 0 unspecified atom stereocenters. The zero-order valence-electron chi connectivity index (χ0n) is 10.9. The van der Waals surface area contributed by atoms with E-state index in [1.807, 2.05) is 17.5 Å². The SMILES string of the molecule is COc1cccc(N)c1C(=O)N(C)Cc1cccs1. The van der Waals surface area contributed by atoms with Crippen LogP contribution in [0.15, 0.2) is 35.7 Å². The number of rotatable bonds is 4. The van der Waals surface area contributed by atoms with Gasteiger partial charge in [-0.05, 0) is 23.6 Å². The molecule has 100 valence electrons. The first-order valence-corrected chi connectivity index (χ1v) is 6.71. The van der Waals surface area contributed by atoms with Gasteiger partial charge in [0.2, 0.25) is 0 Å². The van der Waals surface area contributed by atoms with Gasteiger partial charge in [0.05, 0.1) is 13.7 Å². The smallest absolute Gasteiger partial charge is 0.259 e. The average Bonchev–Trinajstić information content (AvgIpc) is 2.90. The van der Waals surface area contributed by atoms with E-state index in [2.05, 4.69) is 0 Å². The Labute approximate surface area is 116 Å². The number of amides is 1. The molecule has 0 radical (unpaired) electrons. The summed E-state index contributed by atoms with van der Waals surface area (Å²) in [5, 5.41) is 1.99. The summed E-state index contributed by atoms with van der Waals surface area (Å²) in [6.45, 7) is 0.563. The second-order valence-electron chi connectivity index (χ2n) is 4.17. The molecular formula is C14H16N2O2S. The number of hydrogen-bond acceptors (Lipinski definition) is 4. The van der Waals surface area contributed by atoms with Gasteiger partial charge in [-0.3, -0.25) is 4.79 Å². The van der Waals surface area contributed by atoms with E-state index in [0.717, 1.165) is 4.88 Å². The van der Waals surface area contributed by atoms with Crippen molar-refractivity contribution < 1.29 is 9.53 Å². The molecule has 2 aromatic rings. The van der Waals surface area contributed by atoms with Crippen LogP contribution in [0.2, 0.25) is 0 Å². The Morgan fingerprint density at radius 1 is 1.37 bits per heavy atom. The Bertz CT molecular complexity index is 567. The molecule has 2 N–H and O–H groups in total. The van der Waals surface area contributed by atoms with Crippen LogP contribution in [0.1, 0.15) is 15.2 Å². The third kappa shape index (κ3) is 2.88. The van der Waals surface area contributed by atoms with Crippen LogP contribution in [0.3, 0.4) is 0 Å². The second kappa shape index (κ2) is 5.75. The highest BCUT2D eigenvalue weighted by molar-refractivity contribution is 7.09. The Kier molecular flexibility index (Phi) is 4.06. The van der Waals surface area contributed by atoms with E-state index in [1.165, 1.54) is 7.11 Å². The molecule has 0 saturated carbocycles. The lowest BCUT2D eigenvalue weighted by Gasteiger charge is -2.19. The molecule has 2 rings (SSSR count). The fourth-order valence-corrected chi connectivity index (χ4v) is 2.60. The van der Waals surface area contributed by atoms with Crippen LogP contribution in [-0.4, -0.2) is 25.0 Å². The minimum absolute atomic E-state index is 0.136. The molecule has 0 aliphatic carbocycles. The van der Waals surface area contributed by atoms with E-state index in [9.17, 15) is 4.79 Å². The fraction of sp³-hybridized carbons (Fsp3) is 0.214. The summed E-state index contributed by atoms with van der Waals surface area (Å²) < 4.78 is 5.21. The lowest BCUT2D eigenvalue weighted by molar-refractivity contribution is 0.0784. The van der Waals surface area contributed by atoms with Crippen LogP contribution in [0.25, 0.3) is 0 Å². The molecule has 0 bridgehead atoms. The maximum atomic E-state index is 12.4. The predicted molar refractivity (Wildman–Crippen MR) is 77.5 cm³/mol. The van der Waals surface area contributed by atoms with E-state index in [4.69, 9.17) is 10.5 Å². The maximum Gasteiger partial charge on any atom is 0.259 e. The molecule has 0 aliphatic heterocycles. The minimum atomic E-state index is -0.136. The number of nitrogen functional groups attached to an aromatic ring is 1. The van der Waals surface area contributed by atoms with Crippen molar-refractivity contribution in [2.24, 2.45) is 0 Å². The molecule has 0 saturated heterocycles. The Hall–Kier alpha value is -2.01. The summed E-state index contributed by atoms with van der Waals surface area (Å²) >= 11 is 1.62. The maximum absolute atomic E-state index is 12.4. The van der Waals surface area contributed by atoms with Crippen LogP contribution in [-0.2, 0) is 6.54 Å². The number of carbonyl (C=O) groups excluding carboxylic acids is 1. The zero-order chi connectivity index (χ0) is 13.8. The van der Waals surface area contributed by atoms with Crippen molar-refractivity contribution in [3.8, 4) is 5.75 Å². The molecule has 0 spiro atoms. The number of nitrogens with zero attached hydrogens (tertiary/aromatic N) is 1. The Balaban J connectivity index is 2.24. The quantitative estimate of drug-likeness (QED) is 0.873. The molecule has 4 nitrogen and oxygen atoms in total. The van der Waals surface area contributed by atoms with Gasteiger partial charge < -0.3 is 15.4 Å². The molecule has 1 heterocycles. The van der Waals surface area contributed by atoms with E-state index in [-0.39, 0.29) is 5.91 Å². The standard InChI is InChI=1S/C14H16N2O2S/c1-16(9-10-5-4-8-19-10)14(17)13-11(15)6-3-7-12(13)18-2/h3-8H,9,15H2,1-2H3. The lowest BCUT2D eigenvalue weighted by Crippen LogP contribution is -2.27. The second-order valence-corrected chi connectivity index (χ2v) is 5.20. The number of carbonyl (C=O) groups is 1. The van der Waals surface area contributed by atoms with Crippen LogP contribution in [0.4, 0.5) is 5.69 Å². The lowest BCUT2D eigenvalue weighted by atomic mass is 10.1. The van der Waals surface area contributed by atoms with Crippen molar-refractivity contribution in [2.75, 3.05) is 19.9 Å². The molecule has 1 amide bonds. The number of benzene rings is 1. The fourth-order valence-electron chi connectivity index (χ4n) is 1.85. The van der Waals surface area contributed by atoms with Crippen molar-refractivity contribution in [3.63, 3.8) is 0 Å². The summed E-state index contributed by atoms with van der Waals surface area (Å²) in [6, 6.07) is 9.18. The normalized spacial score (nSPS) is 10.2. The molecule has 0 atom stereocenters. The van der Waals surface area contributed by atoms with Crippen LogP contribution >= 0.6 is 11.3 Å². The molecule has 0 aliphatic rings. The number of methoxy groups -OCH3 is 1. The van der Waals surface area contributed by atoms with Crippen molar-refractivity contribution in [2.45, 2.75) is 6.54 Å².